The topological polar surface area (TPSA) is 53.9 Å². The van der Waals surface area contributed by atoms with E-state index in [4.69, 9.17) is 4.74 Å². The molecule has 0 amide bonds. The predicted octanol–water partition coefficient (Wildman–Crippen LogP) is 0.464. The van der Waals surface area contributed by atoms with Gasteiger partial charge in [-0.2, -0.15) is 4.98 Å². The van der Waals surface area contributed by atoms with Gasteiger partial charge in [0.15, 0.2) is 11.8 Å². The van der Waals surface area contributed by atoms with Crippen LogP contribution >= 0.6 is 0 Å². The molecule has 0 N–H and O–H groups in total. The van der Waals surface area contributed by atoms with E-state index in [0.717, 1.165) is 5.96 Å². The van der Waals surface area contributed by atoms with Crippen molar-refractivity contribution in [2.45, 2.75) is 6.54 Å². The van der Waals surface area contributed by atoms with Gasteiger partial charge in [0.2, 0.25) is 5.88 Å². The minimum absolute atomic E-state index is 0.433. The van der Waals surface area contributed by atoms with Gasteiger partial charge in [-0.15, -0.1) is 0 Å². The Bertz CT molecular complexity index is 379. The molecule has 17 heavy (non-hydrogen) atoms. The number of nitrogens with zero attached hydrogens (tertiary/aromatic N) is 5. The quantitative estimate of drug-likeness (QED) is 0.565. The van der Waals surface area contributed by atoms with Crippen LogP contribution in [0.3, 0.4) is 0 Å². The molecule has 0 saturated heterocycles. The number of rotatable bonds is 3. The summed E-state index contributed by atoms with van der Waals surface area (Å²) in [6.07, 6.45) is 1.67. The number of hydrogen-bond donors (Lipinski definition) is 0. The van der Waals surface area contributed by atoms with E-state index >= 15 is 0 Å². The minimum atomic E-state index is 0.433. The highest BCUT2D eigenvalue weighted by atomic mass is 16.5. The van der Waals surface area contributed by atoms with Crippen LogP contribution in [0.1, 0.15) is 5.82 Å². The van der Waals surface area contributed by atoms with E-state index in [1.807, 2.05) is 38.0 Å². The average Bonchev–Trinajstić information content (AvgIpc) is 2.28. The van der Waals surface area contributed by atoms with Crippen molar-refractivity contribution in [1.82, 2.24) is 19.8 Å². The summed E-state index contributed by atoms with van der Waals surface area (Å²) in [6.45, 7) is 0.433. The Morgan fingerprint density at radius 2 is 1.94 bits per heavy atom. The Morgan fingerprint density at radius 3 is 2.47 bits per heavy atom. The van der Waals surface area contributed by atoms with Crippen molar-refractivity contribution in [2.75, 3.05) is 35.3 Å². The summed E-state index contributed by atoms with van der Waals surface area (Å²) in [6, 6.07) is 1.71. The SMILES string of the molecule is COc1ccnc(CN=C(N(C)C)N(C)C)n1. The van der Waals surface area contributed by atoms with E-state index in [0.29, 0.717) is 18.2 Å². The van der Waals surface area contributed by atoms with Crippen LogP contribution in [0.4, 0.5) is 0 Å². The van der Waals surface area contributed by atoms with E-state index in [-0.39, 0.29) is 0 Å². The van der Waals surface area contributed by atoms with Gasteiger partial charge in [-0.1, -0.05) is 0 Å². The van der Waals surface area contributed by atoms with Crippen molar-refractivity contribution in [3.05, 3.63) is 18.1 Å². The van der Waals surface area contributed by atoms with Crippen molar-refractivity contribution in [2.24, 2.45) is 4.99 Å². The van der Waals surface area contributed by atoms with E-state index in [1.165, 1.54) is 0 Å². The maximum absolute atomic E-state index is 5.04. The Balaban J connectivity index is 2.79. The monoisotopic (exact) mass is 237 g/mol. The molecule has 0 spiro atoms. The molecule has 0 atom stereocenters. The molecule has 1 aromatic rings. The first-order chi connectivity index (χ1) is 8.04. The molecule has 0 bridgehead atoms. The number of aliphatic imine (C=N–C) groups is 1. The average molecular weight is 237 g/mol. The molecule has 0 aliphatic rings. The molecule has 0 saturated carbocycles. The predicted molar refractivity (Wildman–Crippen MR) is 67.1 cm³/mol. The first-order valence-electron chi connectivity index (χ1n) is 5.29. The summed E-state index contributed by atoms with van der Waals surface area (Å²) in [4.78, 5) is 16.7. The Labute approximate surface area is 102 Å². The normalized spacial score (nSPS) is 9.71. The van der Waals surface area contributed by atoms with Gasteiger partial charge in [0.1, 0.15) is 6.54 Å². The number of methoxy groups -OCH3 is 1. The maximum atomic E-state index is 5.04. The highest BCUT2D eigenvalue weighted by Gasteiger charge is 2.05. The lowest BCUT2D eigenvalue weighted by atomic mass is 10.5. The number of aromatic nitrogens is 2. The van der Waals surface area contributed by atoms with Gasteiger partial charge >= 0.3 is 0 Å². The molecular formula is C11H19N5O. The van der Waals surface area contributed by atoms with Gasteiger partial charge in [-0.25, -0.2) is 9.98 Å². The Kier molecular flexibility index (Phi) is 4.68. The second-order valence-corrected chi connectivity index (χ2v) is 3.92. The fraction of sp³-hybridized carbons (Fsp3) is 0.545. The second kappa shape index (κ2) is 6.03. The standard InChI is InChI=1S/C11H19N5O/c1-15(2)11(16(3)4)13-8-9-12-7-6-10(14-9)17-5/h6-7H,8H2,1-5H3. The van der Waals surface area contributed by atoms with Crippen LogP contribution in [-0.4, -0.2) is 61.0 Å². The van der Waals surface area contributed by atoms with Gasteiger partial charge < -0.3 is 14.5 Å². The lowest BCUT2D eigenvalue weighted by molar-refractivity contribution is 0.394. The third-order valence-corrected chi connectivity index (χ3v) is 2.05. The molecule has 0 aromatic carbocycles. The van der Waals surface area contributed by atoms with Gasteiger partial charge in [-0.05, 0) is 0 Å². The van der Waals surface area contributed by atoms with E-state index in [9.17, 15) is 0 Å². The van der Waals surface area contributed by atoms with E-state index in [2.05, 4.69) is 15.0 Å². The number of guanidine groups is 1. The summed E-state index contributed by atoms with van der Waals surface area (Å²) in [5, 5.41) is 0. The van der Waals surface area contributed by atoms with Crippen molar-refractivity contribution in [3.8, 4) is 5.88 Å². The van der Waals surface area contributed by atoms with E-state index in [1.54, 1.807) is 19.4 Å². The lowest BCUT2D eigenvalue weighted by Gasteiger charge is -2.22. The number of hydrogen-bond acceptors (Lipinski definition) is 4. The first-order valence-corrected chi connectivity index (χ1v) is 5.29. The van der Waals surface area contributed by atoms with Crippen molar-refractivity contribution in [3.63, 3.8) is 0 Å². The fourth-order valence-electron chi connectivity index (χ4n) is 1.39. The Morgan fingerprint density at radius 1 is 1.29 bits per heavy atom. The highest BCUT2D eigenvalue weighted by Crippen LogP contribution is 2.04. The maximum Gasteiger partial charge on any atom is 0.216 e. The molecule has 6 heteroatoms. The molecule has 94 valence electrons. The molecule has 1 aromatic heterocycles. The summed E-state index contributed by atoms with van der Waals surface area (Å²) in [7, 11) is 9.38. The second-order valence-electron chi connectivity index (χ2n) is 3.92. The molecule has 0 unspecified atom stereocenters. The minimum Gasteiger partial charge on any atom is -0.481 e. The van der Waals surface area contributed by atoms with Crippen molar-refractivity contribution >= 4 is 5.96 Å². The van der Waals surface area contributed by atoms with Gasteiger partial charge in [0.05, 0.1) is 7.11 Å². The smallest absolute Gasteiger partial charge is 0.216 e. The molecule has 0 fully saturated rings. The molecule has 0 aliphatic heterocycles. The van der Waals surface area contributed by atoms with Gasteiger partial charge in [0.25, 0.3) is 0 Å². The van der Waals surface area contributed by atoms with Crippen LogP contribution < -0.4 is 4.74 Å². The largest absolute Gasteiger partial charge is 0.481 e. The third-order valence-electron chi connectivity index (χ3n) is 2.05. The zero-order valence-electron chi connectivity index (χ0n) is 11.0. The molecule has 0 aliphatic carbocycles. The lowest BCUT2D eigenvalue weighted by Crippen LogP contribution is -2.35. The molecule has 1 rings (SSSR count). The van der Waals surface area contributed by atoms with Crippen molar-refractivity contribution in [1.29, 1.82) is 0 Å². The summed E-state index contributed by atoms with van der Waals surface area (Å²) in [5.74, 6) is 2.07. The van der Waals surface area contributed by atoms with Crippen molar-refractivity contribution < 1.29 is 4.74 Å². The summed E-state index contributed by atoms with van der Waals surface area (Å²) in [5.41, 5.74) is 0. The molecular weight excluding hydrogens is 218 g/mol. The van der Waals surface area contributed by atoms with Crippen LogP contribution in [0.5, 0.6) is 5.88 Å². The van der Waals surface area contributed by atoms with Crippen LogP contribution in [0.2, 0.25) is 0 Å². The zero-order valence-corrected chi connectivity index (χ0v) is 11.0. The van der Waals surface area contributed by atoms with Gasteiger partial charge in [0, 0.05) is 40.5 Å². The first kappa shape index (κ1) is 13.2. The zero-order chi connectivity index (χ0) is 12.8. The molecule has 0 radical (unpaired) electrons. The van der Waals surface area contributed by atoms with Crippen LogP contribution in [0.25, 0.3) is 0 Å². The molecule has 6 nitrogen and oxygen atoms in total. The number of ether oxygens (including phenoxy) is 1. The highest BCUT2D eigenvalue weighted by molar-refractivity contribution is 5.79. The summed E-state index contributed by atoms with van der Waals surface area (Å²) < 4.78 is 5.04. The summed E-state index contributed by atoms with van der Waals surface area (Å²) >= 11 is 0. The van der Waals surface area contributed by atoms with Gasteiger partial charge in [-0.3, -0.25) is 0 Å². The Hall–Kier alpha value is -1.85. The third kappa shape index (κ3) is 3.90. The van der Waals surface area contributed by atoms with E-state index < -0.39 is 0 Å². The molecule has 1 heterocycles. The van der Waals surface area contributed by atoms with Crippen LogP contribution in [-0.2, 0) is 6.54 Å². The fourth-order valence-corrected chi connectivity index (χ4v) is 1.39. The van der Waals surface area contributed by atoms with Crippen LogP contribution in [0.15, 0.2) is 17.3 Å². The van der Waals surface area contributed by atoms with Crippen LogP contribution in [0, 0.1) is 0 Å².